The molecule has 150 valence electrons. The van der Waals surface area contributed by atoms with Gasteiger partial charge >= 0.3 is 0 Å². The third kappa shape index (κ3) is 5.61. The summed E-state index contributed by atoms with van der Waals surface area (Å²) >= 11 is 0. The van der Waals surface area contributed by atoms with E-state index in [1.165, 1.54) is 0 Å². The zero-order chi connectivity index (χ0) is 20.6. The average Bonchev–Trinajstić information content (AvgIpc) is 2.77. The van der Waals surface area contributed by atoms with Crippen molar-refractivity contribution in [1.29, 1.82) is 0 Å². The zero-order valence-electron chi connectivity index (χ0n) is 17.2. The standard InChI is InChI=1S/C25H27NO3/c1-19(2)26(25(27)22-11-15-23(28-3)16-12-22)17-20-9-13-24(14-10-20)29-18-21-7-5-4-6-8-21/h4-16,19H,17-18H2,1-3H3. The van der Waals surface area contributed by atoms with Crippen LogP contribution in [0.5, 0.6) is 11.5 Å². The molecule has 3 aromatic rings. The van der Waals surface area contributed by atoms with E-state index in [-0.39, 0.29) is 11.9 Å². The summed E-state index contributed by atoms with van der Waals surface area (Å²) in [5, 5.41) is 0. The lowest BCUT2D eigenvalue weighted by atomic mass is 10.1. The first kappa shape index (κ1) is 20.5. The van der Waals surface area contributed by atoms with Gasteiger partial charge in [-0.05, 0) is 61.4 Å². The summed E-state index contributed by atoms with van der Waals surface area (Å²) in [5.74, 6) is 1.56. The van der Waals surface area contributed by atoms with Gasteiger partial charge < -0.3 is 14.4 Å². The molecule has 0 aromatic heterocycles. The first-order valence-electron chi connectivity index (χ1n) is 9.77. The molecule has 0 radical (unpaired) electrons. The van der Waals surface area contributed by atoms with Crippen LogP contribution in [0.1, 0.15) is 35.3 Å². The Morgan fingerprint density at radius 1 is 0.828 bits per heavy atom. The molecule has 0 aliphatic rings. The summed E-state index contributed by atoms with van der Waals surface area (Å²) in [6.45, 7) is 5.13. The summed E-state index contributed by atoms with van der Waals surface area (Å²) < 4.78 is 11.0. The van der Waals surface area contributed by atoms with E-state index in [9.17, 15) is 4.79 Å². The number of rotatable bonds is 8. The van der Waals surface area contributed by atoms with E-state index < -0.39 is 0 Å². The van der Waals surface area contributed by atoms with E-state index >= 15 is 0 Å². The van der Waals surface area contributed by atoms with Crippen LogP contribution in [-0.2, 0) is 13.2 Å². The van der Waals surface area contributed by atoms with Crippen LogP contribution in [0.4, 0.5) is 0 Å². The second-order valence-corrected chi connectivity index (χ2v) is 7.17. The molecule has 0 unspecified atom stereocenters. The molecule has 0 aliphatic heterocycles. The van der Waals surface area contributed by atoms with E-state index in [0.717, 1.165) is 22.6 Å². The molecule has 0 bridgehead atoms. The van der Waals surface area contributed by atoms with Crippen molar-refractivity contribution < 1.29 is 14.3 Å². The third-order valence-corrected chi connectivity index (χ3v) is 4.75. The molecule has 3 rings (SSSR count). The van der Waals surface area contributed by atoms with Crippen molar-refractivity contribution in [2.45, 2.75) is 33.0 Å². The fourth-order valence-electron chi connectivity index (χ4n) is 3.02. The SMILES string of the molecule is COc1ccc(C(=O)N(Cc2ccc(OCc3ccccc3)cc2)C(C)C)cc1. The number of hydrogen-bond donors (Lipinski definition) is 0. The Kier molecular flexibility index (Phi) is 6.90. The first-order chi connectivity index (χ1) is 14.1. The van der Waals surface area contributed by atoms with Gasteiger partial charge in [0.25, 0.3) is 5.91 Å². The van der Waals surface area contributed by atoms with Crippen LogP contribution in [0.3, 0.4) is 0 Å². The Labute approximate surface area is 172 Å². The van der Waals surface area contributed by atoms with Crippen molar-refractivity contribution in [3.8, 4) is 11.5 Å². The molecular formula is C25H27NO3. The molecule has 0 N–H and O–H groups in total. The molecule has 0 heterocycles. The predicted molar refractivity (Wildman–Crippen MR) is 115 cm³/mol. The van der Waals surface area contributed by atoms with Crippen molar-refractivity contribution in [2.24, 2.45) is 0 Å². The molecule has 4 nitrogen and oxygen atoms in total. The molecule has 0 fully saturated rings. The summed E-state index contributed by atoms with van der Waals surface area (Å²) in [5.41, 5.74) is 2.85. The minimum absolute atomic E-state index is 0.00653. The highest BCUT2D eigenvalue weighted by molar-refractivity contribution is 5.94. The van der Waals surface area contributed by atoms with E-state index in [1.54, 1.807) is 19.2 Å². The molecular weight excluding hydrogens is 362 g/mol. The van der Waals surface area contributed by atoms with Crippen LogP contribution in [0, 0.1) is 0 Å². The molecule has 0 atom stereocenters. The predicted octanol–water partition coefficient (Wildman–Crippen LogP) is 5.33. The van der Waals surface area contributed by atoms with Crippen molar-refractivity contribution in [3.05, 3.63) is 95.6 Å². The van der Waals surface area contributed by atoms with E-state index in [2.05, 4.69) is 0 Å². The maximum Gasteiger partial charge on any atom is 0.254 e. The summed E-state index contributed by atoms with van der Waals surface area (Å²) in [4.78, 5) is 14.8. The van der Waals surface area contributed by atoms with Gasteiger partial charge in [0.1, 0.15) is 18.1 Å². The topological polar surface area (TPSA) is 38.8 Å². The fraction of sp³-hybridized carbons (Fsp3) is 0.240. The van der Waals surface area contributed by atoms with Crippen LogP contribution in [0.25, 0.3) is 0 Å². The monoisotopic (exact) mass is 389 g/mol. The van der Waals surface area contributed by atoms with Gasteiger partial charge in [0, 0.05) is 18.2 Å². The lowest BCUT2D eigenvalue weighted by Gasteiger charge is -2.27. The molecule has 0 spiro atoms. The second kappa shape index (κ2) is 9.78. The number of methoxy groups -OCH3 is 1. The number of carbonyl (C=O) groups excluding carboxylic acids is 1. The number of ether oxygens (including phenoxy) is 2. The number of nitrogens with zero attached hydrogens (tertiary/aromatic N) is 1. The van der Waals surface area contributed by atoms with Crippen molar-refractivity contribution >= 4 is 5.91 Å². The zero-order valence-corrected chi connectivity index (χ0v) is 17.2. The highest BCUT2D eigenvalue weighted by Gasteiger charge is 2.19. The quantitative estimate of drug-likeness (QED) is 0.523. The van der Waals surface area contributed by atoms with Gasteiger partial charge in [-0.2, -0.15) is 0 Å². The van der Waals surface area contributed by atoms with Crippen molar-refractivity contribution in [3.63, 3.8) is 0 Å². The number of amides is 1. The van der Waals surface area contributed by atoms with E-state index in [4.69, 9.17) is 9.47 Å². The number of hydrogen-bond acceptors (Lipinski definition) is 3. The maximum atomic E-state index is 13.0. The largest absolute Gasteiger partial charge is 0.497 e. The lowest BCUT2D eigenvalue weighted by molar-refractivity contribution is 0.0690. The molecule has 4 heteroatoms. The summed E-state index contributed by atoms with van der Waals surface area (Å²) in [6.07, 6.45) is 0. The minimum Gasteiger partial charge on any atom is -0.497 e. The van der Waals surface area contributed by atoms with Gasteiger partial charge in [0.2, 0.25) is 0 Å². The lowest BCUT2D eigenvalue weighted by Crippen LogP contribution is -2.36. The molecule has 0 saturated carbocycles. The highest BCUT2D eigenvalue weighted by atomic mass is 16.5. The van der Waals surface area contributed by atoms with E-state index in [0.29, 0.717) is 18.7 Å². The van der Waals surface area contributed by atoms with Crippen LogP contribution in [-0.4, -0.2) is 24.0 Å². The van der Waals surface area contributed by atoms with Gasteiger partial charge in [-0.15, -0.1) is 0 Å². The Morgan fingerprint density at radius 3 is 2.03 bits per heavy atom. The molecule has 0 aliphatic carbocycles. The van der Waals surface area contributed by atoms with Crippen LogP contribution < -0.4 is 9.47 Å². The fourth-order valence-corrected chi connectivity index (χ4v) is 3.02. The Balaban J connectivity index is 1.64. The third-order valence-electron chi connectivity index (χ3n) is 4.75. The minimum atomic E-state index is 0.00653. The van der Waals surface area contributed by atoms with Crippen molar-refractivity contribution in [1.82, 2.24) is 4.90 Å². The van der Waals surface area contributed by atoms with E-state index in [1.807, 2.05) is 85.5 Å². The summed E-state index contributed by atoms with van der Waals surface area (Å²) in [6, 6.07) is 25.3. The Hall–Kier alpha value is -3.27. The Bertz CT molecular complexity index is 903. The van der Waals surface area contributed by atoms with Crippen LogP contribution in [0.2, 0.25) is 0 Å². The van der Waals surface area contributed by atoms with Gasteiger partial charge in [0.15, 0.2) is 0 Å². The molecule has 0 saturated heterocycles. The highest BCUT2D eigenvalue weighted by Crippen LogP contribution is 2.19. The second-order valence-electron chi connectivity index (χ2n) is 7.17. The van der Waals surface area contributed by atoms with Crippen LogP contribution in [0.15, 0.2) is 78.9 Å². The van der Waals surface area contributed by atoms with Gasteiger partial charge in [-0.3, -0.25) is 4.79 Å². The number of carbonyl (C=O) groups is 1. The number of benzene rings is 3. The molecule has 3 aromatic carbocycles. The van der Waals surface area contributed by atoms with Gasteiger partial charge in [0.05, 0.1) is 7.11 Å². The molecule has 1 amide bonds. The van der Waals surface area contributed by atoms with Gasteiger partial charge in [-0.1, -0.05) is 42.5 Å². The first-order valence-corrected chi connectivity index (χ1v) is 9.77. The van der Waals surface area contributed by atoms with Gasteiger partial charge in [-0.25, -0.2) is 0 Å². The smallest absolute Gasteiger partial charge is 0.254 e. The molecule has 29 heavy (non-hydrogen) atoms. The average molecular weight is 389 g/mol. The van der Waals surface area contributed by atoms with Crippen molar-refractivity contribution in [2.75, 3.05) is 7.11 Å². The summed E-state index contributed by atoms with van der Waals surface area (Å²) in [7, 11) is 1.62. The Morgan fingerprint density at radius 2 is 1.45 bits per heavy atom. The normalized spacial score (nSPS) is 10.6. The maximum absolute atomic E-state index is 13.0. The van der Waals surface area contributed by atoms with Crippen LogP contribution >= 0.6 is 0 Å².